The van der Waals surface area contributed by atoms with Crippen LogP contribution in [0.2, 0.25) is 0 Å². The molecule has 1 N–H and O–H groups in total. The number of rotatable bonds is 7. The lowest BCUT2D eigenvalue weighted by atomic mass is 10.2. The minimum atomic E-state index is -0.137. The van der Waals surface area contributed by atoms with Crippen LogP contribution in [0, 0.1) is 0 Å². The number of carbonyl (C=O) groups is 1. The molecule has 5 heterocycles. The van der Waals surface area contributed by atoms with E-state index in [1.54, 1.807) is 23.0 Å². The highest BCUT2D eigenvalue weighted by Crippen LogP contribution is 2.25. The van der Waals surface area contributed by atoms with Gasteiger partial charge in [0.25, 0.3) is 5.56 Å². The Kier molecular flexibility index (Phi) is 5.32. The van der Waals surface area contributed by atoms with Gasteiger partial charge in [-0.05, 0) is 36.4 Å². The van der Waals surface area contributed by atoms with E-state index in [0.717, 1.165) is 25.0 Å². The Morgan fingerprint density at radius 3 is 3.10 bits per heavy atom. The summed E-state index contributed by atoms with van der Waals surface area (Å²) in [5.41, 5.74) is 0.676. The molecule has 5 rings (SSSR count). The van der Waals surface area contributed by atoms with E-state index in [-0.39, 0.29) is 23.3 Å². The normalized spacial score (nSPS) is 16.6. The molecule has 1 aliphatic heterocycles. The fourth-order valence-corrected chi connectivity index (χ4v) is 5.12. The maximum Gasteiger partial charge on any atom is 0.272 e. The van der Waals surface area contributed by atoms with Crippen LogP contribution in [0.3, 0.4) is 0 Å². The zero-order chi connectivity index (χ0) is 20.5. The Bertz CT molecular complexity index is 1240. The number of thioether (sulfide) groups is 1. The second kappa shape index (κ2) is 8.25. The topological polar surface area (TPSA) is 104 Å². The predicted molar refractivity (Wildman–Crippen MR) is 113 cm³/mol. The number of carbonyl (C=O) groups excluding carboxylic acids is 1. The number of hydrogen-bond donors (Lipinski definition) is 1. The number of aromatic nitrogens is 4. The van der Waals surface area contributed by atoms with E-state index in [9.17, 15) is 9.59 Å². The fraction of sp³-hybridized carbons (Fsp3) is 0.368. The summed E-state index contributed by atoms with van der Waals surface area (Å²) in [5, 5.41) is 13.8. The SMILES string of the molecule is O=C(CSc1nnc2n(C[C@H]3CCCO3)c(=O)c3sccc3n12)NCc1ccco1. The van der Waals surface area contributed by atoms with Gasteiger partial charge in [0.05, 0.1) is 36.7 Å². The van der Waals surface area contributed by atoms with Gasteiger partial charge >= 0.3 is 0 Å². The van der Waals surface area contributed by atoms with Gasteiger partial charge < -0.3 is 14.5 Å². The first-order chi connectivity index (χ1) is 14.7. The molecule has 0 saturated carbocycles. The van der Waals surface area contributed by atoms with Crippen molar-refractivity contribution in [3.05, 3.63) is 46.0 Å². The number of hydrogen-bond acceptors (Lipinski definition) is 8. The van der Waals surface area contributed by atoms with Crippen LogP contribution in [0.25, 0.3) is 16.0 Å². The molecule has 1 amide bonds. The molecule has 0 radical (unpaired) electrons. The lowest BCUT2D eigenvalue weighted by molar-refractivity contribution is -0.118. The maximum absolute atomic E-state index is 13.0. The first kappa shape index (κ1) is 19.3. The molecule has 9 nitrogen and oxygen atoms in total. The summed E-state index contributed by atoms with van der Waals surface area (Å²) in [6, 6.07) is 5.47. The molecule has 30 heavy (non-hydrogen) atoms. The van der Waals surface area contributed by atoms with Gasteiger partial charge in [0, 0.05) is 6.61 Å². The molecule has 11 heteroatoms. The monoisotopic (exact) mass is 445 g/mol. The van der Waals surface area contributed by atoms with Crippen LogP contribution in [-0.4, -0.2) is 43.5 Å². The highest BCUT2D eigenvalue weighted by molar-refractivity contribution is 7.99. The quantitative estimate of drug-likeness (QED) is 0.435. The van der Waals surface area contributed by atoms with Crippen LogP contribution in [0.4, 0.5) is 0 Å². The highest BCUT2D eigenvalue weighted by Gasteiger charge is 2.22. The zero-order valence-corrected chi connectivity index (χ0v) is 17.6. The number of furan rings is 1. The molecule has 156 valence electrons. The van der Waals surface area contributed by atoms with Gasteiger partial charge in [-0.25, -0.2) is 0 Å². The van der Waals surface area contributed by atoms with E-state index >= 15 is 0 Å². The van der Waals surface area contributed by atoms with Crippen LogP contribution in [0.15, 0.2) is 44.2 Å². The Labute approximate surface area is 179 Å². The third kappa shape index (κ3) is 3.64. The van der Waals surface area contributed by atoms with Gasteiger partial charge in [0.2, 0.25) is 11.7 Å². The van der Waals surface area contributed by atoms with Crippen LogP contribution < -0.4 is 10.9 Å². The standard InChI is InChI=1S/C19H19N5O4S2/c25-15(20-9-12-3-1-6-27-12)11-30-19-22-21-18-23(10-13-4-2-7-28-13)17(26)16-14(24(18)19)5-8-29-16/h1,3,5-6,8,13H,2,4,7,9-11H2,(H,20,25)/t13-/m1/s1. The number of nitrogens with one attached hydrogen (secondary N) is 1. The van der Waals surface area contributed by atoms with E-state index < -0.39 is 0 Å². The van der Waals surface area contributed by atoms with Crippen LogP contribution >= 0.6 is 23.1 Å². The van der Waals surface area contributed by atoms with Crippen molar-refractivity contribution in [2.45, 2.75) is 37.2 Å². The van der Waals surface area contributed by atoms with Crippen molar-refractivity contribution in [2.24, 2.45) is 0 Å². The molecule has 1 atom stereocenters. The molecule has 4 aromatic heterocycles. The van der Waals surface area contributed by atoms with Gasteiger partial charge in [-0.15, -0.1) is 21.5 Å². The smallest absolute Gasteiger partial charge is 0.272 e. The maximum atomic E-state index is 13.0. The zero-order valence-electron chi connectivity index (χ0n) is 15.9. The molecule has 1 aliphatic rings. The Balaban J connectivity index is 1.41. The van der Waals surface area contributed by atoms with Crippen molar-refractivity contribution < 1.29 is 13.9 Å². The summed E-state index contributed by atoms with van der Waals surface area (Å²) >= 11 is 2.68. The van der Waals surface area contributed by atoms with Gasteiger partial charge in [0.1, 0.15) is 10.5 Å². The molecule has 4 aromatic rings. The largest absolute Gasteiger partial charge is 0.467 e. The van der Waals surface area contributed by atoms with Crippen molar-refractivity contribution in [1.82, 2.24) is 24.5 Å². The number of fused-ring (bicyclic) bond motifs is 3. The average Bonchev–Trinajstić information content (AvgIpc) is 3.54. The van der Waals surface area contributed by atoms with E-state index in [2.05, 4.69) is 15.5 Å². The minimum absolute atomic E-state index is 0.00379. The van der Waals surface area contributed by atoms with Gasteiger partial charge in [-0.1, -0.05) is 11.8 Å². The number of nitrogens with zero attached hydrogens (tertiary/aromatic N) is 4. The Morgan fingerprint density at radius 2 is 2.30 bits per heavy atom. The second-order valence-corrected chi connectivity index (χ2v) is 8.81. The van der Waals surface area contributed by atoms with Gasteiger partial charge in [0.15, 0.2) is 5.16 Å². The minimum Gasteiger partial charge on any atom is -0.467 e. The second-order valence-electron chi connectivity index (χ2n) is 6.95. The summed E-state index contributed by atoms with van der Waals surface area (Å²) in [4.78, 5) is 25.3. The molecule has 1 fully saturated rings. The molecule has 0 aromatic carbocycles. The van der Waals surface area contributed by atoms with Crippen molar-refractivity contribution in [3.63, 3.8) is 0 Å². The molecule has 0 aliphatic carbocycles. The molecule has 0 unspecified atom stereocenters. The van der Waals surface area contributed by atoms with E-state index in [4.69, 9.17) is 9.15 Å². The van der Waals surface area contributed by atoms with Gasteiger partial charge in [-0.3, -0.25) is 18.6 Å². The number of thiophene rings is 1. The number of amides is 1. The van der Waals surface area contributed by atoms with Crippen LogP contribution in [-0.2, 0) is 22.6 Å². The fourth-order valence-electron chi connectivity index (χ4n) is 3.53. The molecular formula is C19H19N5O4S2. The first-order valence-electron chi connectivity index (χ1n) is 9.59. The van der Waals surface area contributed by atoms with E-state index in [1.165, 1.54) is 23.1 Å². The van der Waals surface area contributed by atoms with Crippen LogP contribution in [0.1, 0.15) is 18.6 Å². The summed E-state index contributed by atoms with van der Waals surface area (Å²) in [7, 11) is 0. The molecule has 1 saturated heterocycles. The lowest BCUT2D eigenvalue weighted by Gasteiger charge is -2.13. The van der Waals surface area contributed by atoms with Crippen molar-refractivity contribution >= 4 is 45.0 Å². The summed E-state index contributed by atoms with van der Waals surface area (Å²) in [6.07, 6.45) is 3.50. The van der Waals surface area contributed by atoms with E-state index in [1.807, 2.05) is 15.8 Å². The molecule has 0 spiro atoms. The predicted octanol–water partition coefficient (Wildman–Crippen LogP) is 2.29. The Morgan fingerprint density at radius 1 is 1.37 bits per heavy atom. The van der Waals surface area contributed by atoms with Crippen molar-refractivity contribution in [1.29, 1.82) is 0 Å². The third-order valence-corrected chi connectivity index (χ3v) is 6.79. The van der Waals surface area contributed by atoms with Crippen LogP contribution in [0.5, 0.6) is 0 Å². The first-order valence-corrected chi connectivity index (χ1v) is 11.5. The average molecular weight is 446 g/mol. The van der Waals surface area contributed by atoms with Crippen molar-refractivity contribution in [3.8, 4) is 0 Å². The van der Waals surface area contributed by atoms with Gasteiger partial charge in [-0.2, -0.15) is 0 Å². The molecule has 0 bridgehead atoms. The summed E-state index contributed by atoms with van der Waals surface area (Å²) in [5.74, 6) is 1.21. The van der Waals surface area contributed by atoms with Crippen molar-refractivity contribution in [2.75, 3.05) is 12.4 Å². The molecular weight excluding hydrogens is 426 g/mol. The summed E-state index contributed by atoms with van der Waals surface area (Å²) < 4.78 is 15.1. The summed E-state index contributed by atoms with van der Waals surface area (Å²) in [6.45, 7) is 1.50. The highest BCUT2D eigenvalue weighted by atomic mass is 32.2. The van der Waals surface area contributed by atoms with E-state index in [0.29, 0.717) is 34.5 Å². The Hall–Kier alpha value is -2.63. The number of ether oxygens (including phenoxy) is 1. The third-order valence-electron chi connectivity index (χ3n) is 4.96. The lowest BCUT2D eigenvalue weighted by Crippen LogP contribution is -2.28.